The summed E-state index contributed by atoms with van der Waals surface area (Å²) in [5, 5.41) is 6.78. The van der Waals surface area contributed by atoms with E-state index in [1.807, 2.05) is 18.2 Å². The summed E-state index contributed by atoms with van der Waals surface area (Å²) in [5.41, 5.74) is 3.80. The van der Waals surface area contributed by atoms with Crippen LogP contribution < -0.4 is 15.4 Å². The normalized spacial score (nSPS) is 11.1. The van der Waals surface area contributed by atoms with Crippen molar-refractivity contribution in [1.82, 2.24) is 15.5 Å². The lowest BCUT2D eigenvalue weighted by Crippen LogP contribution is -2.37. The summed E-state index contributed by atoms with van der Waals surface area (Å²) in [6, 6.07) is 16.9. The number of rotatable bonds is 10. The van der Waals surface area contributed by atoms with E-state index in [4.69, 9.17) is 4.74 Å². The minimum absolute atomic E-state index is 0. The molecule has 2 aromatic carbocycles. The molecule has 0 unspecified atom stereocenters. The highest BCUT2D eigenvalue weighted by Crippen LogP contribution is 2.17. The maximum atomic E-state index is 5.41. The molecule has 0 amide bonds. The van der Waals surface area contributed by atoms with Crippen LogP contribution in [0.4, 0.5) is 0 Å². The number of para-hydroxylation sites is 1. The molecule has 0 fully saturated rings. The zero-order valence-electron chi connectivity index (χ0n) is 18.1. The third kappa shape index (κ3) is 8.62. The summed E-state index contributed by atoms with van der Waals surface area (Å²) < 4.78 is 5.41. The van der Waals surface area contributed by atoms with E-state index in [1.165, 1.54) is 16.7 Å². The molecular formula is C23H35IN4O. The molecule has 0 atom stereocenters. The van der Waals surface area contributed by atoms with Crippen molar-refractivity contribution < 1.29 is 4.74 Å². The van der Waals surface area contributed by atoms with Gasteiger partial charge in [0, 0.05) is 26.7 Å². The Labute approximate surface area is 193 Å². The van der Waals surface area contributed by atoms with Crippen LogP contribution in [0.1, 0.15) is 30.5 Å². The Balaban J connectivity index is 0.00000420. The second kappa shape index (κ2) is 14.2. The van der Waals surface area contributed by atoms with E-state index >= 15 is 0 Å². The van der Waals surface area contributed by atoms with E-state index < -0.39 is 0 Å². The number of ether oxygens (including phenoxy) is 1. The summed E-state index contributed by atoms with van der Waals surface area (Å²) >= 11 is 0. The van der Waals surface area contributed by atoms with Crippen LogP contribution in [0.15, 0.2) is 53.5 Å². The van der Waals surface area contributed by atoms with Gasteiger partial charge < -0.3 is 15.4 Å². The van der Waals surface area contributed by atoms with Crippen molar-refractivity contribution in [3.05, 3.63) is 65.2 Å². The predicted molar refractivity (Wildman–Crippen MR) is 133 cm³/mol. The molecule has 160 valence electrons. The molecule has 0 aromatic heterocycles. The summed E-state index contributed by atoms with van der Waals surface area (Å²) in [5.74, 6) is 1.74. The number of hydrogen-bond donors (Lipinski definition) is 2. The summed E-state index contributed by atoms with van der Waals surface area (Å²) in [7, 11) is 3.51. The van der Waals surface area contributed by atoms with Crippen molar-refractivity contribution in [3.8, 4) is 5.75 Å². The van der Waals surface area contributed by atoms with E-state index in [9.17, 15) is 0 Å². The fourth-order valence-corrected chi connectivity index (χ4v) is 3.17. The van der Waals surface area contributed by atoms with E-state index in [0.717, 1.165) is 50.9 Å². The average Bonchev–Trinajstić information content (AvgIpc) is 2.75. The highest BCUT2D eigenvalue weighted by molar-refractivity contribution is 14.0. The first-order valence-corrected chi connectivity index (χ1v) is 10.1. The standard InChI is InChI=1S/C23H34N4O.HI/c1-5-27(6-2)18-20-11-9-10-19(16-20)17-26-23(24-3)25-15-14-21-12-7-8-13-22(21)28-4;/h7-13,16H,5-6,14-15,17-18H2,1-4H3,(H2,24,25,26);1H. The van der Waals surface area contributed by atoms with E-state index in [0.29, 0.717) is 0 Å². The molecule has 0 heterocycles. The highest BCUT2D eigenvalue weighted by Gasteiger charge is 2.04. The van der Waals surface area contributed by atoms with Gasteiger partial charge in [-0.1, -0.05) is 56.3 Å². The molecule has 2 aromatic rings. The lowest BCUT2D eigenvalue weighted by Gasteiger charge is -2.18. The molecule has 0 bridgehead atoms. The Morgan fingerprint density at radius 3 is 2.41 bits per heavy atom. The van der Waals surface area contributed by atoms with Crippen LogP contribution in [0, 0.1) is 0 Å². The molecule has 29 heavy (non-hydrogen) atoms. The third-order valence-electron chi connectivity index (χ3n) is 4.85. The smallest absolute Gasteiger partial charge is 0.191 e. The first kappa shape index (κ1) is 25.2. The zero-order valence-corrected chi connectivity index (χ0v) is 20.4. The second-order valence-electron chi connectivity index (χ2n) is 6.70. The quantitative estimate of drug-likeness (QED) is 0.288. The summed E-state index contributed by atoms with van der Waals surface area (Å²) in [6.07, 6.45) is 0.879. The molecule has 0 saturated carbocycles. The number of nitrogens with zero attached hydrogens (tertiary/aromatic N) is 2. The average molecular weight is 510 g/mol. The van der Waals surface area contributed by atoms with Gasteiger partial charge in [0.2, 0.25) is 0 Å². The Morgan fingerprint density at radius 2 is 1.72 bits per heavy atom. The number of guanidine groups is 1. The predicted octanol–water partition coefficient (Wildman–Crippen LogP) is 4.06. The number of methoxy groups -OCH3 is 1. The summed E-state index contributed by atoms with van der Waals surface area (Å²) in [6.45, 7) is 9.09. The monoisotopic (exact) mass is 510 g/mol. The number of benzene rings is 2. The fourth-order valence-electron chi connectivity index (χ4n) is 3.17. The van der Waals surface area contributed by atoms with Gasteiger partial charge in [-0.25, -0.2) is 0 Å². The number of aliphatic imine (C=N–C) groups is 1. The van der Waals surface area contributed by atoms with Crippen molar-refractivity contribution in [2.24, 2.45) is 4.99 Å². The van der Waals surface area contributed by atoms with Gasteiger partial charge in [-0.05, 0) is 42.3 Å². The molecular weight excluding hydrogens is 475 g/mol. The maximum absolute atomic E-state index is 5.41. The SMILES string of the molecule is CCN(CC)Cc1cccc(CNC(=NC)NCCc2ccccc2OC)c1.I. The van der Waals surface area contributed by atoms with Crippen LogP contribution in [-0.2, 0) is 19.5 Å². The van der Waals surface area contributed by atoms with Crippen LogP contribution in [0.5, 0.6) is 5.75 Å². The van der Waals surface area contributed by atoms with Crippen molar-refractivity contribution in [2.75, 3.05) is 33.8 Å². The number of hydrogen-bond acceptors (Lipinski definition) is 3. The highest BCUT2D eigenvalue weighted by atomic mass is 127. The van der Waals surface area contributed by atoms with E-state index in [2.05, 4.69) is 64.7 Å². The zero-order chi connectivity index (χ0) is 20.2. The Hall–Kier alpha value is -1.80. The van der Waals surface area contributed by atoms with Crippen LogP contribution in [0.3, 0.4) is 0 Å². The second-order valence-corrected chi connectivity index (χ2v) is 6.70. The van der Waals surface area contributed by atoms with Gasteiger partial charge in [0.15, 0.2) is 5.96 Å². The van der Waals surface area contributed by atoms with E-state index in [-0.39, 0.29) is 24.0 Å². The Morgan fingerprint density at radius 1 is 1.00 bits per heavy atom. The molecule has 0 saturated heterocycles. The van der Waals surface area contributed by atoms with Crippen LogP contribution in [0.25, 0.3) is 0 Å². The molecule has 0 spiro atoms. The minimum atomic E-state index is 0. The third-order valence-corrected chi connectivity index (χ3v) is 4.85. The number of halogens is 1. The van der Waals surface area contributed by atoms with Crippen molar-refractivity contribution >= 4 is 29.9 Å². The van der Waals surface area contributed by atoms with Gasteiger partial charge >= 0.3 is 0 Å². The molecule has 0 aliphatic carbocycles. The van der Waals surface area contributed by atoms with Gasteiger partial charge in [0.05, 0.1) is 7.11 Å². The Bertz CT molecular complexity index is 747. The first-order chi connectivity index (χ1) is 13.7. The molecule has 0 aliphatic heterocycles. The van der Waals surface area contributed by atoms with Crippen molar-refractivity contribution in [1.29, 1.82) is 0 Å². The van der Waals surface area contributed by atoms with Gasteiger partial charge in [0.1, 0.15) is 5.75 Å². The van der Waals surface area contributed by atoms with Crippen LogP contribution in [-0.4, -0.2) is 44.7 Å². The van der Waals surface area contributed by atoms with Gasteiger partial charge in [-0.3, -0.25) is 9.89 Å². The molecule has 6 heteroatoms. The lowest BCUT2D eigenvalue weighted by atomic mass is 10.1. The Kier molecular flexibility index (Phi) is 12.4. The summed E-state index contributed by atoms with van der Waals surface area (Å²) in [4.78, 5) is 6.75. The van der Waals surface area contributed by atoms with Crippen LogP contribution >= 0.6 is 24.0 Å². The maximum Gasteiger partial charge on any atom is 0.191 e. The van der Waals surface area contributed by atoms with Crippen molar-refractivity contribution in [3.63, 3.8) is 0 Å². The van der Waals surface area contributed by atoms with Crippen LogP contribution in [0.2, 0.25) is 0 Å². The fraction of sp³-hybridized carbons (Fsp3) is 0.435. The molecule has 0 radical (unpaired) electrons. The molecule has 2 rings (SSSR count). The first-order valence-electron chi connectivity index (χ1n) is 10.1. The lowest BCUT2D eigenvalue weighted by molar-refractivity contribution is 0.296. The van der Waals surface area contributed by atoms with Gasteiger partial charge in [-0.15, -0.1) is 24.0 Å². The van der Waals surface area contributed by atoms with Gasteiger partial charge in [0.25, 0.3) is 0 Å². The molecule has 2 N–H and O–H groups in total. The number of nitrogens with one attached hydrogen (secondary N) is 2. The largest absolute Gasteiger partial charge is 0.496 e. The topological polar surface area (TPSA) is 48.9 Å². The van der Waals surface area contributed by atoms with Crippen molar-refractivity contribution in [2.45, 2.75) is 33.4 Å². The molecule has 0 aliphatic rings. The molecule has 5 nitrogen and oxygen atoms in total. The van der Waals surface area contributed by atoms with E-state index in [1.54, 1.807) is 14.2 Å². The minimum Gasteiger partial charge on any atom is -0.496 e. The van der Waals surface area contributed by atoms with Gasteiger partial charge in [-0.2, -0.15) is 0 Å².